The maximum absolute atomic E-state index is 13.4. The maximum atomic E-state index is 13.4. The van der Waals surface area contributed by atoms with E-state index in [2.05, 4.69) is 48.1 Å². The standard InChI is InChI=1S/C37H42N10O4/c1-42(30-9-12-35(49)40-36(30)50)37(51)28-19-25(7-8-26(28)24-48)21-43-22-27(23-43)44-15-17-46(18-16-44)33-6-4-5-29(39-33)31-20-38-32-10-11-34(41-47(31)32)45-13-2-3-14-45/h4-8,10-11,19-20,24,27,30H,2-3,9,12-18,21-23H2,1H3,(H,40,49,50). The van der Waals surface area contributed by atoms with Crippen LogP contribution in [0.15, 0.2) is 54.7 Å². The van der Waals surface area contributed by atoms with Crippen LogP contribution in [-0.2, 0) is 16.1 Å². The number of likely N-dealkylation sites (N-methyl/N-ethyl adjacent to an activating group) is 1. The molecule has 264 valence electrons. The first-order chi connectivity index (χ1) is 24.8. The third-order valence-corrected chi connectivity index (χ3v) is 10.7. The topological polar surface area (TPSA) is 140 Å². The molecule has 1 N–H and O–H groups in total. The molecule has 4 fully saturated rings. The highest BCUT2D eigenvalue weighted by Crippen LogP contribution is 2.27. The number of piperazine rings is 1. The molecule has 4 saturated heterocycles. The van der Waals surface area contributed by atoms with E-state index in [0.717, 1.165) is 86.6 Å². The number of aldehydes is 1. The Morgan fingerprint density at radius 1 is 0.961 bits per heavy atom. The molecule has 1 atom stereocenters. The van der Waals surface area contributed by atoms with Crippen LogP contribution in [0.2, 0.25) is 0 Å². The summed E-state index contributed by atoms with van der Waals surface area (Å²) in [5, 5.41) is 7.22. The summed E-state index contributed by atoms with van der Waals surface area (Å²) in [6.45, 7) is 8.23. The number of anilines is 2. The van der Waals surface area contributed by atoms with E-state index in [9.17, 15) is 19.2 Å². The molecule has 0 bridgehead atoms. The lowest BCUT2D eigenvalue weighted by molar-refractivity contribution is -0.136. The number of likely N-dealkylation sites (tertiary alicyclic amines) is 1. The third-order valence-electron chi connectivity index (χ3n) is 10.7. The molecular formula is C37H42N10O4. The minimum atomic E-state index is -0.753. The number of amides is 3. The molecule has 8 rings (SSSR count). The highest BCUT2D eigenvalue weighted by atomic mass is 16.2. The van der Waals surface area contributed by atoms with E-state index in [0.29, 0.717) is 18.9 Å². The van der Waals surface area contributed by atoms with Gasteiger partial charge in [0.2, 0.25) is 11.8 Å². The average Bonchev–Trinajstić information content (AvgIpc) is 3.83. The fourth-order valence-electron chi connectivity index (χ4n) is 7.75. The van der Waals surface area contributed by atoms with Gasteiger partial charge in [0.05, 0.1) is 17.5 Å². The molecule has 51 heavy (non-hydrogen) atoms. The summed E-state index contributed by atoms with van der Waals surface area (Å²) in [6.07, 6.45) is 5.36. The Labute approximate surface area is 296 Å². The van der Waals surface area contributed by atoms with Crippen LogP contribution in [0.1, 0.15) is 52.0 Å². The van der Waals surface area contributed by atoms with Crippen molar-refractivity contribution < 1.29 is 19.2 Å². The summed E-state index contributed by atoms with van der Waals surface area (Å²) < 4.78 is 1.91. The first-order valence-corrected chi connectivity index (χ1v) is 17.8. The van der Waals surface area contributed by atoms with Crippen LogP contribution in [0.25, 0.3) is 17.0 Å². The van der Waals surface area contributed by atoms with Crippen LogP contribution in [0.4, 0.5) is 11.6 Å². The van der Waals surface area contributed by atoms with Gasteiger partial charge in [-0.2, -0.15) is 0 Å². The van der Waals surface area contributed by atoms with Crippen LogP contribution < -0.4 is 15.1 Å². The van der Waals surface area contributed by atoms with Gasteiger partial charge in [-0.3, -0.25) is 34.3 Å². The molecule has 1 aromatic carbocycles. The molecule has 14 nitrogen and oxygen atoms in total. The summed E-state index contributed by atoms with van der Waals surface area (Å²) in [4.78, 5) is 69.7. The minimum absolute atomic E-state index is 0.172. The van der Waals surface area contributed by atoms with Gasteiger partial charge < -0.3 is 14.7 Å². The van der Waals surface area contributed by atoms with E-state index in [-0.39, 0.29) is 29.9 Å². The Morgan fingerprint density at radius 2 is 1.75 bits per heavy atom. The normalized spacial score (nSPS) is 20.5. The van der Waals surface area contributed by atoms with Gasteiger partial charge in [0.15, 0.2) is 11.9 Å². The number of aromatic nitrogens is 4. The summed E-state index contributed by atoms with van der Waals surface area (Å²) >= 11 is 0. The maximum Gasteiger partial charge on any atom is 0.255 e. The number of benzene rings is 1. The Morgan fingerprint density at radius 3 is 2.51 bits per heavy atom. The van der Waals surface area contributed by atoms with Crippen molar-refractivity contribution in [3.63, 3.8) is 0 Å². The second kappa shape index (κ2) is 13.8. The molecule has 0 spiro atoms. The minimum Gasteiger partial charge on any atom is -0.355 e. The van der Waals surface area contributed by atoms with E-state index in [1.165, 1.54) is 17.7 Å². The number of nitrogens with zero attached hydrogens (tertiary/aromatic N) is 9. The van der Waals surface area contributed by atoms with Gasteiger partial charge in [-0.25, -0.2) is 14.5 Å². The quantitative estimate of drug-likeness (QED) is 0.204. The lowest BCUT2D eigenvalue weighted by Gasteiger charge is -2.48. The highest BCUT2D eigenvalue weighted by Gasteiger charge is 2.35. The number of carbonyl (C=O) groups excluding carboxylic acids is 4. The molecule has 0 radical (unpaired) electrons. The van der Waals surface area contributed by atoms with Crippen molar-refractivity contribution in [2.75, 3.05) is 69.2 Å². The Bertz CT molecular complexity index is 1980. The molecule has 0 saturated carbocycles. The molecule has 1 unspecified atom stereocenters. The second-order valence-corrected chi connectivity index (χ2v) is 14.0. The monoisotopic (exact) mass is 690 g/mol. The Kier molecular flexibility index (Phi) is 8.94. The third kappa shape index (κ3) is 6.56. The largest absolute Gasteiger partial charge is 0.355 e. The fourth-order valence-corrected chi connectivity index (χ4v) is 7.75. The number of carbonyl (C=O) groups is 4. The summed E-state index contributed by atoms with van der Waals surface area (Å²) in [5.41, 5.74) is 4.04. The van der Waals surface area contributed by atoms with Gasteiger partial charge >= 0.3 is 0 Å². The second-order valence-electron chi connectivity index (χ2n) is 14.0. The fraction of sp³-hybridized carbons (Fsp3) is 0.432. The van der Waals surface area contributed by atoms with Crippen molar-refractivity contribution in [3.8, 4) is 11.4 Å². The van der Waals surface area contributed by atoms with Crippen molar-refractivity contribution in [2.45, 2.75) is 44.3 Å². The van der Waals surface area contributed by atoms with Gasteiger partial charge in [0.25, 0.3) is 5.91 Å². The predicted octanol–water partition coefficient (Wildman–Crippen LogP) is 2.09. The van der Waals surface area contributed by atoms with Gasteiger partial charge in [-0.1, -0.05) is 18.2 Å². The molecule has 4 aliphatic heterocycles. The highest BCUT2D eigenvalue weighted by molar-refractivity contribution is 6.06. The van der Waals surface area contributed by atoms with E-state index in [1.807, 2.05) is 28.9 Å². The van der Waals surface area contributed by atoms with Crippen molar-refractivity contribution in [1.29, 1.82) is 0 Å². The first-order valence-electron chi connectivity index (χ1n) is 17.8. The number of imidazole rings is 1. The summed E-state index contributed by atoms with van der Waals surface area (Å²) in [5.74, 6) is 0.700. The number of piperidine rings is 1. The van der Waals surface area contributed by atoms with E-state index < -0.39 is 17.9 Å². The number of rotatable bonds is 9. The zero-order chi connectivity index (χ0) is 35.1. The molecule has 4 aliphatic rings. The number of nitrogens with one attached hydrogen (secondary N) is 1. The van der Waals surface area contributed by atoms with Gasteiger partial charge in [-0.15, -0.1) is 5.10 Å². The van der Waals surface area contributed by atoms with Crippen molar-refractivity contribution >= 4 is 41.3 Å². The summed E-state index contributed by atoms with van der Waals surface area (Å²) in [6, 6.07) is 15.3. The molecule has 3 amide bonds. The van der Waals surface area contributed by atoms with Crippen molar-refractivity contribution in [1.82, 2.24) is 39.6 Å². The number of imide groups is 1. The lowest BCUT2D eigenvalue weighted by Crippen LogP contribution is -2.62. The summed E-state index contributed by atoms with van der Waals surface area (Å²) in [7, 11) is 1.54. The zero-order valence-corrected chi connectivity index (χ0v) is 28.8. The van der Waals surface area contributed by atoms with Gasteiger partial charge in [-0.05, 0) is 55.2 Å². The zero-order valence-electron chi connectivity index (χ0n) is 28.8. The van der Waals surface area contributed by atoms with Crippen LogP contribution >= 0.6 is 0 Å². The SMILES string of the molecule is CN(C(=O)c1cc(CN2CC(N3CCN(c4cccc(-c5cnc6ccc(N7CCCC7)nn56)n4)CC3)C2)ccc1C=O)C1CCC(=O)NC1=O. The Hall–Kier alpha value is -5.21. The lowest BCUT2D eigenvalue weighted by atomic mass is 9.99. The molecule has 3 aromatic heterocycles. The molecule has 0 aliphatic carbocycles. The van der Waals surface area contributed by atoms with Crippen LogP contribution in [0.5, 0.6) is 0 Å². The molecular weight excluding hydrogens is 648 g/mol. The first kappa shape index (κ1) is 33.0. The molecule has 14 heteroatoms. The van der Waals surface area contributed by atoms with E-state index in [4.69, 9.17) is 10.1 Å². The number of hydrogen-bond acceptors (Lipinski definition) is 11. The predicted molar refractivity (Wildman–Crippen MR) is 191 cm³/mol. The van der Waals surface area contributed by atoms with Crippen LogP contribution in [-0.4, -0.2) is 130 Å². The van der Waals surface area contributed by atoms with Crippen LogP contribution in [0, 0.1) is 0 Å². The average molecular weight is 691 g/mol. The number of pyridine rings is 1. The smallest absolute Gasteiger partial charge is 0.255 e. The van der Waals surface area contributed by atoms with E-state index >= 15 is 0 Å². The molecule has 4 aromatic rings. The number of hydrogen-bond donors (Lipinski definition) is 1. The Balaban J connectivity index is 0.862. The van der Waals surface area contributed by atoms with Crippen LogP contribution in [0.3, 0.4) is 0 Å². The number of fused-ring (bicyclic) bond motifs is 1. The van der Waals surface area contributed by atoms with Gasteiger partial charge in [0, 0.05) is 84.0 Å². The van der Waals surface area contributed by atoms with E-state index in [1.54, 1.807) is 19.2 Å². The van der Waals surface area contributed by atoms with Crippen molar-refractivity contribution in [2.24, 2.45) is 0 Å². The van der Waals surface area contributed by atoms with Crippen molar-refractivity contribution in [3.05, 3.63) is 71.4 Å². The molecule has 7 heterocycles. The van der Waals surface area contributed by atoms with Gasteiger partial charge in [0.1, 0.15) is 23.4 Å².